The molecular weight excluding hydrogens is 370 g/mol. The maximum absolute atomic E-state index is 13.2. The Balaban J connectivity index is 1.71. The van der Waals surface area contributed by atoms with Crippen molar-refractivity contribution in [3.8, 4) is 0 Å². The van der Waals surface area contributed by atoms with Gasteiger partial charge in [-0.05, 0) is 35.7 Å². The van der Waals surface area contributed by atoms with Crippen molar-refractivity contribution >= 4 is 30.6 Å². The van der Waals surface area contributed by atoms with E-state index < -0.39 is 24.6 Å². The molecule has 4 rings (SSSR count). The number of benzene rings is 2. The zero-order valence-electron chi connectivity index (χ0n) is 14.6. The molecule has 0 unspecified atom stereocenters. The molecule has 7 heteroatoms. The number of fused-ring (bicyclic) bond motifs is 1. The normalized spacial score (nSPS) is 23.2. The summed E-state index contributed by atoms with van der Waals surface area (Å²) in [7, 11) is -6.97. The molecule has 5 nitrogen and oxygen atoms in total. The molecule has 26 heavy (non-hydrogen) atoms. The minimum atomic E-state index is -3.71. The van der Waals surface area contributed by atoms with E-state index in [1.54, 1.807) is 18.2 Å². The van der Waals surface area contributed by atoms with E-state index in [9.17, 15) is 16.8 Å². The van der Waals surface area contributed by atoms with Gasteiger partial charge in [-0.25, -0.2) is 16.8 Å². The first kappa shape index (κ1) is 17.9. The van der Waals surface area contributed by atoms with Crippen LogP contribution in [0.25, 0.3) is 10.8 Å². The minimum absolute atomic E-state index is 0.0409. The van der Waals surface area contributed by atoms with E-state index in [-0.39, 0.29) is 23.7 Å². The van der Waals surface area contributed by atoms with Gasteiger partial charge >= 0.3 is 0 Å². The van der Waals surface area contributed by atoms with E-state index in [2.05, 4.69) is 0 Å². The molecule has 1 saturated heterocycles. The topological polar surface area (TPSA) is 71.5 Å². The summed E-state index contributed by atoms with van der Waals surface area (Å²) in [5, 5.41) is 1.85. The van der Waals surface area contributed by atoms with Crippen molar-refractivity contribution in [3.63, 3.8) is 0 Å². The lowest BCUT2D eigenvalue weighted by Gasteiger charge is -2.43. The Morgan fingerprint density at radius 3 is 2.35 bits per heavy atom. The highest BCUT2D eigenvalue weighted by Gasteiger charge is 2.50. The molecule has 1 spiro atoms. The van der Waals surface area contributed by atoms with Crippen molar-refractivity contribution in [2.75, 3.05) is 18.8 Å². The third-order valence-corrected chi connectivity index (χ3v) is 10.3. The molecule has 1 aliphatic carbocycles. The summed E-state index contributed by atoms with van der Waals surface area (Å²) < 4.78 is 52.3. The van der Waals surface area contributed by atoms with Crippen LogP contribution in [0.2, 0.25) is 0 Å². The van der Waals surface area contributed by atoms with Crippen LogP contribution in [0.15, 0.2) is 47.4 Å². The van der Waals surface area contributed by atoms with E-state index in [0.717, 1.165) is 30.0 Å². The number of hydrogen-bond donors (Lipinski definition) is 0. The second kappa shape index (κ2) is 6.32. The fourth-order valence-corrected chi connectivity index (χ4v) is 8.20. The average molecular weight is 394 g/mol. The molecule has 0 bridgehead atoms. The molecule has 1 heterocycles. The number of sulfone groups is 1. The number of nitrogens with zero attached hydrogens (tertiary/aromatic N) is 1. The highest BCUT2D eigenvalue weighted by atomic mass is 32.2. The Hall–Kier alpha value is -1.44. The van der Waals surface area contributed by atoms with Crippen LogP contribution in [0.1, 0.15) is 32.1 Å². The monoisotopic (exact) mass is 393 g/mol. The number of hydrogen-bond acceptors (Lipinski definition) is 4. The van der Waals surface area contributed by atoms with Gasteiger partial charge in [0.1, 0.15) is 0 Å². The van der Waals surface area contributed by atoms with Gasteiger partial charge in [-0.1, -0.05) is 49.6 Å². The summed E-state index contributed by atoms with van der Waals surface area (Å²) in [6, 6.07) is 12.7. The minimum Gasteiger partial charge on any atom is -0.228 e. The van der Waals surface area contributed by atoms with E-state index in [0.29, 0.717) is 12.8 Å². The van der Waals surface area contributed by atoms with Gasteiger partial charge in [-0.3, -0.25) is 0 Å². The summed E-state index contributed by atoms with van der Waals surface area (Å²) in [4.78, 5) is 0.237. The fraction of sp³-hybridized carbons (Fsp3) is 0.474. The van der Waals surface area contributed by atoms with Crippen molar-refractivity contribution in [1.29, 1.82) is 0 Å². The molecule has 0 N–H and O–H groups in total. The zero-order chi connectivity index (χ0) is 18.4. The van der Waals surface area contributed by atoms with Gasteiger partial charge in [-0.15, -0.1) is 0 Å². The fourth-order valence-electron chi connectivity index (χ4n) is 4.28. The SMILES string of the molecule is O=S(=O)(c1ccc2ccccc2c1)N1CCS(=O)(=O)C2(CCCCC2)C1. The van der Waals surface area contributed by atoms with Crippen LogP contribution in [0.5, 0.6) is 0 Å². The lowest BCUT2D eigenvalue weighted by atomic mass is 9.88. The molecule has 1 aliphatic heterocycles. The van der Waals surface area contributed by atoms with E-state index in [1.807, 2.05) is 24.3 Å². The maximum Gasteiger partial charge on any atom is 0.243 e. The molecule has 2 fully saturated rings. The lowest BCUT2D eigenvalue weighted by Crippen LogP contribution is -2.58. The van der Waals surface area contributed by atoms with Gasteiger partial charge in [0, 0.05) is 13.1 Å². The Kier molecular flexibility index (Phi) is 4.36. The Bertz CT molecular complexity index is 1040. The third-order valence-electron chi connectivity index (χ3n) is 5.86. The Morgan fingerprint density at radius 2 is 1.62 bits per heavy atom. The number of sulfonamides is 1. The standard InChI is InChI=1S/C19H23NO4S2/c21-25(22)13-12-20(15-19(25)10-4-1-5-11-19)26(23,24)18-9-8-16-6-2-3-7-17(16)14-18/h2-3,6-9,14H,1,4-5,10-13,15H2. The van der Waals surface area contributed by atoms with E-state index in [4.69, 9.17) is 0 Å². The largest absolute Gasteiger partial charge is 0.243 e. The van der Waals surface area contributed by atoms with Crippen molar-refractivity contribution in [2.24, 2.45) is 0 Å². The van der Waals surface area contributed by atoms with Gasteiger partial charge in [0.25, 0.3) is 0 Å². The maximum atomic E-state index is 13.2. The summed E-state index contributed by atoms with van der Waals surface area (Å²) in [5.74, 6) is -0.0835. The Morgan fingerprint density at radius 1 is 0.923 bits per heavy atom. The average Bonchev–Trinajstić information content (AvgIpc) is 2.64. The first-order valence-electron chi connectivity index (χ1n) is 9.05. The van der Waals surface area contributed by atoms with Crippen LogP contribution < -0.4 is 0 Å². The van der Waals surface area contributed by atoms with Crippen LogP contribution in [0, 0.1) is 0 Å². The van der Waals surface area contributed by atoms with Crippen molar-refractivity contribution in [2.45, 2.75) is 41.7 Å². The van der Waals surface area contributed by atoms with Crippen LogP contribution in [-0.4, -0.2) is 44.7 Å². The predicted molar refractivity (Wildman–Crippen MR) is 102 cm³/mol. The van der Waals surface area contributed by atoms with Gasteiger partial charge in [-0.2, -0.15) is 4.31 Å². The summed E-state index contributed by atoms with van der Waals surface area (Å²) >= 11 is 0. The summed E-state index contributed by atoms with van der Waals surface area (Å²) in [5.41, 5.74) is 0. The highest BCUT2D eigenvalue weighted by molar-refractivity contribution is 7.93. The summed E-state index contributed by atoms with van der Waals surface area (Å²) in [6.07, 6.45) is 3.86. The van der Waals surface area contributed by atoms with E-state index >= 15 is 0 Å². The van der Waals surface area contributed by atoms with E-state index in [1.165, 1.54) is 4.31 Å². The molecule has 0 amide bonds. The predicted octanol–water partition coefficient (Wildman–Crippen LogP) is 2.96. The molecule has 140 valence electrons. The van der Waals surface area contributed by atoms with Gasteiger partial charge < -0.3 is 0 Å². The van der Waals surface area contributed by atoms with Gasteiger partial charge in [0.05, 0.1) is 15.4 Å². The van der Waals surface area contributed by atoms with Crippen LogP contribution >= 0.6 is 0 Å². The van der Waals surface area contributed by atoms with Crippen molar-refractivity contribution < 1.29 is 16.8 Å². The second-order valence-electron chi connectivity index (χ2n) is 7.41. The van der Waals surface area contributed by atoms with Crippen LogP contribution in [0.4, 0.5) is 0 Å². The highest BCUT2D eigenvalue weighted by Crippen LogP contribution is 2.40. The molecule has 2 aromatic rings. The molecule has 0 aromatic heterocycles. The van der Waals surface area contributed by atoms with Gasteiger partial charge in [0.15, 0.2) is 9.84 Å². The van der Waals surface area contributed by atoms with Crippen LogP contribution in [0.3, 0.4) is 0 Å². The quantitative estimate of drug-likeness (QED) is 0.786. The van der Waals surface area contributed by atoms with Crippen molar-refractivity contribution in [3.05, 3.63) is 42.5 Å². The third kappa shape index (κ3) is 2.86. The molecule has 2 aliphatic rings. The second-order valence-corrected chi connectivity index (χ2v) is 11.9. The number of rotatable bonds is 2. The van der Waals surface area contributed by atoms with Crippen LogP contribution in [-0.2, 0) is 19.9 Å². The van der Waals surface area contributed by atoms with Gasteiger partial charge in [0.2, 0.25) is 10.0 Å². The first-order valence-corrected chi connectivity index (χ1v) is 12.1. The summed E-state index contributed by atoms with van der Waals surface area (Å²) in [6.45, 7) is 0.129. The molecule has 2 aromatic carbocycles. The first-order chi connectivity index (χ1) is 12.3. The lowest BCUT2D eigenvalue weighted by molar-refractivity contribution is 0.284. The van der Waals surface area contributed by atoms with Crippen molar-refractivity contribution in [1.82, 2.24) is 4.31 Å². The molecule has 0 atom stereocenters. The Labute approximate surface area is 155 Å². The molecular formula is C19H23NO4S2. The molecule has 1 saturated carbocycles. The smallest absolute Gasteiger partial charge is 0.228 e. The molecule has 0 radical (unpaired) electrons. The zero-order valence-corrected chi connectivity index (χ0v) is 16.2.